The molecule has 0 aromatic heterocycles. The fourth-order valence-electron chi connectivity index (χ4n) is 0.916. The van der Waals surface area contributed by atoms with E-state index in [0.717, 1.165) is 6.42 Å². The molecule has 2 heteroatoms. The Morgan fingerprint density at radius 3 is 2.54 bits per heavy atom. The van der Waals surface area contributed by atoms with Crippen LogP contribution in [0.3, 0.4) is 0 Å². The molecule has 0 aliphatic heterocycles. The average molecular weight is 183 g/mol. The molecule has 0 aromatic carbocycles. The monoisotopic (exact) mass is 183 g/mol. The summed E-state index contributed by atoms with van der Waals surface area (Å²) in [4.78, 5) is 11.3. The molecule has 76 valence electrons. The molecule has 0 aromatic rings. The van der Waals surface area contributed by atoms with E-state index in [1.165, 1.54) is 0 Å². The van der Waals surface area contributed by atoms with Crippen LogP contribution in [-0.4, -0.2) is 18.9 Å². The highest BCUT2D eigenvalue weighted by Gasteiger charge is 2.12. The zero-order valence-corrected chi connectivity index (χ0v) is 9.02. The summed E-state index contributed by atoms with van der Waals surface area (Å²) in [6, 6.07) is 0. The maximum absolute atomic E-state index is 11.3. The lowest BCUT2D eigenvalue weighted by molar-refractivity contribution is -0.118. The highest BCUT2D eigenvalue weighted by Crippen LogP contribution is 2.20. The van der Waals surface area contributed by atoms with Gasteiger partial charge in [-0.1, -0.05) is 26.8 Å². The Balaban J connectivity index is 3.46. The molecule has 0 saturated carbocycles. The van der Waals surface area contributed by atoms with Crippen LogP contribution < -0.4 is 5.32 Å². The smallest absolute Gasteiger partial charge is 0.146 e. The highest BCUT2D eigenvalue weighted by atomic mass is 16.1. The van der Waals surface area contributed by atoms with Crippen LogP contribution in [-0.2, 0) is 4.79 Å². The number of Topliss-reactive ketones (excluding diaryl/α,β-unsaturated/α-hetero) is 1. The minimum absolute atomic E-state index is 0.258. The second-order valence-corrected chi connectivity index (χ2v) is 4.52. The SMILES string of the molecule is C=CCNCC(=O)CCC(C)(C)C. The van der Waals surface area contributed by atoms with E-state index in [0.29, 0.717) is 19.5 Å². The summed E-state index contributed by atoms with van der Waals surface area (Å²) in [5.41, 5.74) is 0.258. The Morgan fingerprint density at radius 2 is 2.08 bits per heavy atom. The van der Waals surface area contributed by atoms with Crippen molar-refractivity contribution in [2.75, 3.05) is 13.1 Å². The normalized spacial score (nSPS) is 11.3. The third-order valence-corrected chi connectivity index (χ3v) is 1.76. The molecule has 0 aliphatic carbocycles. The number of carbonyl (C=O) groups excluding carboxylic acids is 1. The summed E-state index contributed by atoms with van der Waals surface area (Å²) in [7, 11) is 0. The van der Waals surface area contributed by atoms with Gasteiger partial charge in [0.15, 0.2) is 0 Å². The molecule has 0 rings (SSSR count). The molecule has 0 atom stereocenters. The molecule has 1 N–H and O–H groups in total. The Labute approximate surface area is 81.4 Å². The third kappa shape index (κ3) is 9.28. The summed E-state index contributed by atoms with van der Waals surface area (Å²) in [6.45, 7) is 11.2. The summed E-state index contributed by atoms with van der Waals surface area (Å²) in [5.74, 6) is 0.289. The highest BCUT2D eigenvalue weighted by molar-refractivity contribution is 5.80. The second kappa shape index (κ2) is 5.92. The molecule has 0 radical (unpaired) electrons. The Bertz CT molecular complexity index is 167. The summed E-state index contributed by atoms with van der Waals surface area (Å²) in [6.07, 6.45) is 3.40. The van der Waals surface area contributed by atoms with E-state index < -0.39 is 0 Å². The predicted molar refractivity (Wildman–Crippen MR) is 56.8 cm³/mol. The average Bonchev–Trinajstić information content (AvgIpc) is 2.00. The molecular weight excluding hydrogens is 162 g/mol. The fraction of sp³-hybridized carbons (Fsp3) is 0.727. The van der Waals surface area contributed by atoms with E-state index in [-0.39, 0.29) is 11.2 Å². The molecule has 0 fully saturated rings. The van der Waals surface area contributed by atoms with Gasteiger partial charge >= 0.3 is 0 Å². The molecule has 0 unspecified atom stereocenters. The van der Waals surface area contributed by atoms with Gasteiger partial charge in [-0.15, -0.1) is 6.58 Å². The van der Waals surface area contributed by atoms with Crippen molar-refractivity contribution in [1.82, 2.24) is 5.32 Å². The van der Waals surface area contributed by atoms with Gasteiger partial charge in [0.2, 0.25) is 0 Å². The number of nitrogens with one attached hydrogen (secondary N) is 1. The maximum atomic E-state index is 11.3. The van der Waals surface area contributed by atoms with Gasteiger partial charge in [-0.2, -0.15) is 0 Å². The van der Waals surface area contributed by atoms with Crippen molar-refractivity contribution < 1.29 is 4.79 Å². The molecule has 0 amide bonds. The third-order valence-electron chi connectivity index (χ3n) is 1.76. The molecular formula is C11H21NO. The summed E-state index contributed by atoms with van der Waals surface area (Å²) >= 11 is 0. The van der Waals surface area contributed by atoms with E-state index >= 15 is 0 Å². The number of ketones is 1. The van der Waals surface area contributed by atoms with Crippen molar-refractivity contribution >= 4 is 5.78 Å². The first-order chi connectivity index (χ1) is 5.95. The van der Waals surface area contributed by atoms with E-state index in [2.05, 4.69) is 32.7 Å². The Kier molecular flexibility index (Phi) is 5.63. The van der Waals surface area contributed by atoms with Crippen molar-refractivity contribution in [2.45, 2.75) is 33.6 Å². The van der Waals surface area contributed by atoms with Gasteiger partial charge in [-0.3, -0.25) is 4.79 Å². The minimum Gasteiger partial charge on any atom is -0.307 e. The fourth-order valence-corrected chi connectivity index (χ4v) is 0.916. The van der Waals surface area contributed by atoms with Crippen LogP contribution in [0.1, 0.15) is 33.6 Å². The summed E-state index contributed by atoms with van der Waals surface area (Å²) < 4.78 is 0. The van der Waals surface area contributed by atoms with Gasteiger partial charge in [0.05, 0.1) is 6.54 Å². The predicted octanol–water partition coefficient (Wildman–Crippen LogP) is 2.16. The van der Waals surface area contributed by atoms with Crippen LogP contribution in [0.25, 0.3) is 0 Å². The first kappa shape index (κ1) is 12.4. The molecule has 0 spiro atoms. The van der Waals surface area contributed by atoms with Crippen LogP contribution in [0.5, 0.6) is 0 Å². The van der Waals surface area contributed by atoms with Gasteiger partial charge in [-0.05, 0) is 11.8 Å². The van der Waals surface area contributed by atoms with Crippen LogP contribution in [0.15, 0.2) is 12.7 Å². The largest absolute Gasteiger partial charge is 0.307 e. The molecule has 0 bridgehead atoms. The van der Waals surface area contributed by atoms with Gasteiger partial charge in [0.25, 0.3) is 0 Å². The molecule has 0 aliphatic rings. The number of hydrogen-bond acceptors (Lipinski definition) is 2. The van der Waals surface area contributed by atoms with E-state index in [9.17, 15) is 4.79 Å². The van der Waals surface area contributed by atoms with E-state index in [1.807, 2.05) is 0 Å². The van der Waals surface area contributed by atoms with Crippen molar-refractivity contribution in [3.63, 3.8) is 0 Å². The number of carbonyl (C=O) groups is 1. The van der Waals surface area contributed by atoms with Crippen molar-refractivity contribution in [3.05, 3.63) is 12.7 Å². The van der Waals surface area contributed by atoms with Crippen LogP contribution in [0.4, 0.5) is 0 Å². The van der Waals surface area contributed by atoms with Crippen LogP contribution in [0, 0.1) is 5.41 Å². The quantitative estimate of drug-likeness (QED) is 0.505. The molecule has 2 nitrogen and oxygen atoms in total. The lowest BCUT2D eigenvalue weighted by Gasteiger charge is -2.16. The van der Waals surface area contributed by atoms with E-state index in [4.69, 9.17) is 0 Å². The Morgan fingerprint density at radius 1 is 1.46 bits per heavy atom. The lowest BCUT2D eigenvalue weighted by Crippen LogP contribution is -2.23. The zero-order valence-electron chi connectivity index (χ0n) is 9.02. The van der Waals surface area contributed by atoms with Crippen molar-refractivity contribution in [1.29, 1.82) is 0 Å². The van der Waals surface area contributed by atoms with E-state index in [1.54, 1.807) is 6.08 Å². The molecule has 13 heavy (non-hydrogen) atoms. The molecule has 0 heterocycles. The second-order valence-electron chi connectivity index (χ2n) is 4.52. The molecule has 0 saturated heterocycles. The first-order valence-electron chi connectivity index (χ1n) is 4.79. The van der Waals surface area contributed by atoms with Crippen LogP contribution >= 0.6 is 0 Å². The standard InChI is InChI=1S/C11H21NO/c1-5-8-12-9-10(13)6-7-11(2,3)4/h5,12H,1,6-9H2,2-4H3. The van der Waals surface area contributed by atoms with Crippen molar-refractivity contribution in [3.8, 4) is 0 Å². The van der Waals surface area contributed by atoms with Gasteiger partial charge < -0.3 is 5.32 Å². The number of rotatable bonds is 6. The zero-order chi connectivity index (χ0) is 10.3. The lowest BCUT2D eigenvalue weighted by atomic mass is 9.89. The topological polar surface area (TPSA) is 29.1 Å². The van der Waals surface area contributed by atoms with Gasteiger partial charge in [-0.25, -0.2) is 0 Å². The Hall–Kier alpha value is -0.630. The minimum atomic E-state index is 0.258. The van der Waals surface area contributed by atoms with Gasteiger partial charge in [0, 0.05) is 13.0 Å². The first-order valence-corrected chi connectivity index (χ1v) is 4.79. The summed E-state index contributed by atoms with van der Waals surface area (Å²) in [5, 5.41) is 3.00. The van der Waals surface area contributed by atoms with Crippen molar-refractivity contribution in [2.24, 2.45) is 5.41 Å². The number of hydrogen-bond donors (Lipinski definition) is 1. The maximum Gasteiger partial charge on any atom is 0.146 e. The van der Waals surface area contributed by atoms with Gasteiger partial charge in [0.1, 0.15) is 5.78 Å². The van der Waals surface area contributed by atoms with Crippen LogP contribution in [0.2, 0.25) is 0 Å².